The van der Waals surface area contributed by atoms with Crippen LogP contribution < -0.4 is 14.4 Å². The standard InChI is InChI=1S/C35H38ClN3O5S/c1-4-26(2)37-35(41)32(23-27-14-7-5-8-15-27)38(24-28-16-13-17-29(36)22-28)34(40)25-39(31-20-11-12-21-33(31)44-3)45(42,43)30-18-9-6-10-19-30/h5-22,26,32H,4,23-25H2,1-3H3,(H,37,41)/t26-,32-/m0/s1. The summed E-state index contributed by atoms with van der Waals surface area (Å²) in [5.41, 5.74) is 1.74. The molecule has 4 aromatic rings. The Balaban J connectivity index is 1.83. The van der Waals surface area contributed by atoms with Crippen molar-refractivity contribution in [3.8, 4) is 5.75 Å². The molecule has 8 nitrogen and oxygen atoms in total. The molecule has 0 aliphatic heterocycles. The largest absolute Gasteiger partial charge is 0.495 e. The first-order chi connectivity index (χ1) is 21.6. The highest BCUT2D eigenvalue weighted by molar-refractivity contribution is 7.92. The minimum absolute atomic E-state index is 0.0143. The SMILES string of the molecule is CC[C@H](C)NC(=O)[C@H](Cc1ccccc1)N(Cc1cccc(Cl)c1)C(=O)CN(c1ccccc1OC)S(=O)(=O)c1ccccc1. The average Bonchev–Trinajstić information content (AvgIpc) is 3.05. The molecular formula is C35H38ClN3O5S. The lowest BCUT2D eigenvalue weighted by molar-refractivity contribution is -0.140. The summed E-state index contributed by atoms with van der Waals surface area (Å²) in [5, 5.41) is 3.51. The van der Waals surface area contributed by atoms with Gasteiger partial charge >= 0.3 is 0 Å². The number of methoxy groups -OCH3 is 1. The van der Waals surface area contributed by atoms with Crippen LogP contribution in [0.3, 0.4) is 0 Å². The molecule has 45 heavy (non-hydrogen) atoms. The van der Waals surface area contributed by atoms with Gasteiger partial charge in [0.1, 0.15) is 18.3 Å². The van der Waals surface area contributed by atoms with E-state index in [1.165, 1.54) is 24.1 Å². The Kier molecular flexibility index (Phi) is 11.6. The highest BCUT2D eigenvalue weighted by Gasteiger charge is 2.35. The minimum atomic E-state index is -4.24. The monoisotopic (exact) mass is 647 g/mol. The first-order valence-electron chi connectivity index (χ1n) is 14.7. The highest BCUT2D eigenvalue weighted by Crippen LogP contribution is 2.32. The lowest BCUT2D eigenvalue weighted by Crippen LogP contribution is -2.54. The zero-order chi connectivity index (χ0) is 32.4. The summed E-state index contributed by atoms with van der Waals surface area (Å²) in [4.78, 5) is 29.9. The predicted octanol–water partition coefficient (Wildman–Crippen LogP) is 6.10. The van der Waals surface area contributed by atoms with Gasteiger partial charge in [0.15, 0.2) is 0 Å². The Morgan fingerprint density at radius 3 is 2.13 bits per heavy atom. The molecule has 236 valence electrons. The number of amides is 2. The van der Waals surface area contributed by atoms with Gasteiger partial charge in [-0.25, -0.2) is 8.42 Å². The van der Waals surface area contributed by atoms with Gasteiger partial charge in [0.05, 0.1) is 17.7 Å². The van der Waals surface area contributed by atoms with E-state index in [0.717, 1.165) is 9.87 Å². The van der Waals surface area contributed by atoms with E-state index in [1.54, 1.807) is 60.7 Å². The van der Waals surface area contributed by atoms with Gasteiger partial charge in [-0.3, -0.25) is 13.9 Å². The quantitative estimate of drug-likeness (QED) is 0.179. The van der Waals surface area contributed by atoms with E-state index in [9.17, 15) is 18.0 Å². The van der Waals surface area contributed by atoms with Crippen LogP contribution in [0.5, 0.6) is 5.75 Å². The first kappa shape index (κ1) is 33.6. The maximum absolute atomic E-state index is 14.6. The van der Waals surface area contributed by atoms with E-state index in [-0.39, 0.29) is 41.2 Å². The van der Waals surface area contributed by atoms with Crippen LogP contribution in [0.1, 0.15) is 31.4 Å². The summed E-state index contributed by atoms with van der Waals surface area (Å²) in [5.74, 6) is -0.625. The molecule has 0 saturated carbocycles. The average molecular weight is 648 g/mol. The normalized spacial score (nSPS) is 12.5. The molecular weight excluding hydrogens is 610 g/mol. The van der Waals surface area contributed by atoms with Crippen molar-refractivity contribution in [1.82, 2.24) is 10.2 Å². The molecule has 2 amide bonds. The van der Waals surface area contributed by atoms with Crippen LogP contribution in [-0.2, 0) is 32.6 Å². The van der Waals surface area contributed by atoms with Crippen LogP contribution in [0.25, 0.3) is 0 Å². The molecule has 0 spiro atoms. The van der Waals surface area contributed by atoms with Gasteiger partial charge < -0.3 is 15.0 Å². The number of para-hydroxylation sites is 2. The van der Waals surface area contributed by atoms with E-state index >= 15 is 0 Å². The fraction of sp³-hybridized carbons (Fsp3) is 0.257. The lowest BCUT2D eigenvalue weighted by atomic mass is 10.0. The van der Waals surface area contributed by atoms with E-state index in [0.29, 0.717) is 17.0 Å². The summed E-state index contributed by atoms with van der Waals surface area (Å²) in [7, 11) is -2.80. The summed E-state index contributed by atoms with van der Waals surface area (Å²) < 4.78 is 34.8. The lowest BCUT2D eigenvalue weighted by Gasteiger charge is -2.34. The van der Waals surface area contributed by atoms with Crippen molar-refractivity contribution in [1.29, 1.82) is 0 Å². The number of carbonyl (C=O) groups excluding carboxylic acids is 2. The number of nitrogens with one attached hydrogen (secondary N) is 1. The second kappa shape index (κ2) is 15.6. The topological polar surface area (TPSA) is 96.0 Å². The highest BCUT2D eigenvalue weighted by atomic mass is 35.5. The Hall–Kier alpha value is -4.34. The van der Waals surface area contributed by atoms with Crippen molar-refractivity contribution in [2.45, 2.75) is 50.2 Å². The molecule has 0 aliphatic rings. The number of ether oxygens (including phenoxy) is 1. The zero-order valence-electron chi connectivity index (χ0n) is 25.6. The molecule has 0 radical (unpaired) electrons. The smallest absolute Gasteiger partial charge is 0.264 e. The Labute approximate surface area is 270 Å². The molecule has 4 aromatic carbocycles. The van der Waals surface area contributed by atoms with Crippen LogP contribution in [-0.4, -0.2) is 50.9 Å². The van der Waals surface area contributed by atoms with Crippen LogP contribution in [0.4, 0.5) is 5.69 Å². The van der Waals surface area contributed by atoms with Crippen molar-refractivity contribution in [2.24, 2.45) is 0 Å². The van der Waals surface area contributed by atoms with Crippen molar-refractivity contribution in [3.63, 3.8) is 0 Å². The molecule has 0 aliphatic carbocycles. The molecule has 2 atom stereocenters. The fourth-order valence-electron chi connectivity index (χ4n) is 4.90. The molecule has 0 unspecified atom stereocenters. The third-order valence-corrected chi connectivity index (χ3v) is 9.49. The van der Waals surface area contributed by atoms with Crippen LogP contribution in [0, 0.1) is 0 Å². The van der Waals surface area contributed by atoms with E-state index in [1.807, 2.05) is 50.2 Å². The van der Waals surface area contributed by atoms with Gasteiger partial charge in [-0.1, -0.05) is 91.3 Å². The molecule has 1 N–H and O–H groups in total. The number of carbonyl (C=O) groups is 2. The second-order valence-corrected chi connectivity index (χ2v) is 13.0. The number of benzene rings is 4. The molecule has 0 fully saturated rings. The van der Waals surface area contributed by atoms with Gasteiger partial charge in [-0.15, -0.1) is 0 Å². The van der Waals surface area contributed by atoms with E-state index < -0.39 is 28.5 Å². The number of hydrogen-bond donors (Lipinski definition) is 1. The summed E-state index contributed by atoms with van der Waals surface area (Å²) in [6, 6.07) is 29.9. The van der Waals surface area contributed by atoms with Crippen LogP contribution in [0.2, 0.25) is 5.02 Å². The maximum atomic E-state index is 14.6. The predicted molar refractivity (Wildman–Crippen MR) is 178 cm³/mol. The van der Waals surface area contributed by atoms with Gasteiger partial charge in [-0.05, 0) is 60.9 Å². The molecule has 0 heterocycles. The number of halogens is 1. The molecule has 4 rings (SSSR count). The molecule has 10 heteroatoms. The summed E-state index contributed by atoms with van der Waals surface area (Å²) in [6.45, 7) is 3.30. The molecule has 0 aromatic heterocycles. The maximum Gasteiger partial charge on any atom is 0.264 e. The van der Waals surface area contributed by atoms with Crippen LogP contribution >= 0.6 is 11.6 Å². The zero-order valence-corrected chi connectivity index (χ0v) is 27.2. The van der Waals surface area contributed by atoms with Gasteiger partial charge in [0.2, 0.25) is 11.8 Å². The van der Waals surface area contributed by atoms with E-state index in [4.69, 9.17) is 16.3 Å². The first-order valence-corrected chi connectivity index (χ1v) is 16.5. The minimum Gasteiger partial charge on any atom is -0.495 e. The summed E-state index contributed by atoms with van der Waals surface area (Å²) in [6.07, 6.45) is 0.915. The Morgan fingerprint density at radius 2 is 1.49 bits per heavy atom. The van der Waals surface area contributed by atoms with Crippen molar-refractivity contribution in [3.05, 3.63) is 125 Å². The summed E-state index contributed by atoms with van der Waals surface area (Å²) >= 11 is 6.31. The van der Waals surface area contributed by atoms with Gasteiger partial charge in [-0.2, -0.15) is 0 Å². The third-order valence-electron chi connectivity index (χ3n) is 7.48. The van der Waals surface area contributed by atoms with Crippen molar-refractivity contribution < 1.29 is 22.7 Å². The second-order valence-electron chi connectivity index (χ2n) is 10.7. The molecule has 0 bridgehead atoms. The number of rotatable bonds is 14. The number of sulfonamides is 1. The molecule has 0 saturated heterocycles. The van der Waals surface area contributed by atoms with E-state index in [2.05, 4.69) is 5.32 Å². The Bertz CT molecular complexity index is 1690. The van der Waals surface area contributed by atoms with Gasteiger partial charge in [0, 0.05) is 24.0 Å². The van der Waals surface area contributed by atoms with Crippen LogP contribution in [0.15, 0.2) is 114 Å². The fourth-order valence-corrected chi connectivity index (χ4v) is 6.55. The van der Waals surface area contributed by atoms with Crippen molar-refractivity contribution in [2.75, 3.05) is 18.0 Å². The number of anilines is 1. The number of nitrogens with zero attached hydrogens (tertiary/aromatic N) is 2. The van der Waals surface area contributed by atoms with Gasteiger partial charge in [0.25, 0.3) is 10.0 Å². The third kappa shape index (κ3) is 8.65. The number of hydrogen-bond acceptors (Lipinski definition) is 5. The Morgan fingerprint density at radius 1 is 0.867 bits per heavy atom. The van der Waals surface area contributed by atoms with Crippen molar-refractivity contribution >= 4 is 39.1 Å².